The van der Waals surface area contributed by atoms with Gasteiger partial charge in [-0.25, -0.2) is 9.59 Å². The molecule has 10 nitrogen and oxygen atoms in total. The van der Waals surface area contributed by atoms with Crippen LogP contribution in [0.25, 0.3) is 0 Å². The van der Waals surface area contributed by atoms with E-state index in [1.807, 2.05) is 0 Å². The van der Waals surface area contributed by atoms with E-state index >= 15 is 0 Å². The van der Waals surface area contributed by atoms with Crippen LogP contribution in [0.4, 0.5) is 0 Å². The van der Waals surface area contributed by atoms with Gasteiger partial charge in [0.2, 0.25) is 0 Å². The van der Waals surface area contributed by atoms with E-state index in [2.05, 4.69) is 0 Å². The standard InChI is InChI=1S/C22H28O10/c1-10-17(5-13-16(20(25)29-4)9-31-22(27)19(10)13)32-21(26)15-8-30-11(2)14(7-23)12(15)6-18(24)28-3/h7-14,17,19,22,27H,5-6H2,1-4H3. The summed E-state index contributed by atoms with van der Waals surface area (Å²) in [5.74, 6) is -4.58. The second kappa shape index (κ2) is 9.72. The maximum atomic E-state index is 13.1. The van der Waals surface area contributed by atoms with Crippen molar-refractivity contribution in [2.24, 2.45) is 29.6 Å². The molecule has 8 unspecified atom stereocenters. The van der Waals surface area contributed by atoms with Gasteiger partial charge in [-0.3, -0.25) is 4.79 Å². The number of aliphatic hydroxyl groups is 1. The zero-order chi connectivity index (χ0) is 23.6. The number of rotatable bonds is 6. The molecule has 0 aromatic heterocycles. The van der Waals surface area contributed by atoms with E-state index in [1.165, 1.54) is 26.7 Å². The van der Waals surface area contributed by atoms with Gasteiger partial charge in [-0.05, 0) is 13.3 Å². The number of ether oxygens (including phenoxy) is 5. The Hall–Kier alpha value is -2.88. The molecule has 1 fully saturated rings. The topological polar surface area (TPSA) is 135 Å². The molecule has 0 bridgehead atoms. The zero-order valence-corrected chi connectivity index (χ0v) is 18.4. The Balaban J connectivity index is 1.80. The number of aldehydes is 1. The molecule has 0 amide bonds. The van der Waals surface area contributed by atoms with Gasteiger partial charge in [0.1, 0.15) is 18.5 Å². The summed E-state index contributed by atoms with van der Waals surface area (Å²) in [7, 11) is 2.48. The van der Waals surface area contributed by atoms with Crippen molar-refractivity contribution in [1.82, 2.24) is 0 Å². The summed E-state index contributed by atoms with van der Waals surface area (Å²) in [5, 5.41) is 10.3. The second-order valence-corrected chi connectivity index (χ2v) is 8.33. The normalized spacial score (nSPS) is 35.8. The first-order valence-corrected chi connectivity index (χ1v) is 10.4. The Labute approximate surface area is 185 Å². The van der Waals surface area contributed by atoms with E-state index in [0.29, 0.717) is 6.29 Å². The fourth-order valence-electron chi connectivity index (χ4n) is 4.84. The third-order valence-corrected chi connectivity index (χ3v) is 6.71. The highest BCUT2D eigenvalue weighted by atomic mass is 16.6. The summed E-state index contributed by atoms with van der Waals surface area (Å²) in [4.78, 5) is 48.7. The number of esters is 3. The minimum atomic E-state index is -1.16. The van der Waals surface area contributed by atoms with Crippen LogP contribution in [0, 0.1) is 29.6 Å². The lowest BCUT2D eigenvalue weighted by atomic mass is 9.80. The lowest BCUT2D eigenvalue weighted by molar-refractivity contribution is -0.154. The SMILES string of the molecule is COC(=O)CC1C(C(=O)OC2CC3C(C(=O)OC)=COC(O)C3C2C)=COC(C)C1C=O. The first-order chi connectivity index (χ1) is 15.2. The molecule has 0 aromatic carbocycles. The van der Waals surface area contributed by atoms with Crippen molar-refractivity contribution in [3.8, 4) is 0 Å². The molecule has 10 heteroatoms. The lowest BCUT2D eigenvalue weighted by Crippen LogP contribution is -2.39. The largest absolute Gasteiger partial charge is 0.497 e. The van der Waals surface area contributed by atoms with Crippen molar-refractivity contribution in [3.05, 3.63) is 23.7 Å². The maximum Gasteiger partial charge on any atom is 0.337 e. The average Bonchev–Trinajstić information content (AvgIpc) is 3.10. The summed E-state index contributed by atoms with van der Waals surface area (Å²) in [5.41, 5.74) is 0.333. The summed E-state index contributed by atoms with van der Waals surface area (Å²) in [6.45, 7) is 3.47. The van der Waals surface area contributed by atoms with Gasteiger partial charge in [-0.15, -0.1) is 0 Å². The smallest absolute Gasteiger partial charge is 0.337 e. The van der Waals surface area contributed by atoms with Gasteiger partial charge < -0.3 is 33.6 Å². The average molecular weight is 452 g/mol. The predicted octanol–water partition coefficient (Wildman–Crippen LogP) is 0.873. The van der Waals surface area contributed by atoms with E-state index in [1.54, 1.807) is 13.8 Å². The van der Waals surface area contributed by atoms with Crippen LogP contribution in [0.3, 0.4) is 0 Å². The first kappa shape index (κ1) is 23.8. The van der Waals surface area contributed by atoms with E-state index < -0.39 is 60.1 Å². The summed E-state index contributed by atoms with van der Waals surface area (Å²) < 4.78 is 25.9. The number of fused-ring (bicyclic) bond motifs is 1. The fourth-order valence-corrected chi connectivity index (χ4v) is 4.84. The molecular weight excluding hydrogens is 424 g/mol. The van der Waals surface area contributed by atoms with Crippen LogP contribution >= 0.6 is 0 Å². The molecule has 0 radical (unpaired) electrons. The maximum absolute atomic E-state index is 13.1. The Bertz CT molecular complexity index is 831. The highest BCUT2D eigenvalue weighted by molar-refractivity contribution is 5.91. The van der Waals surface area contributed by atoms with Crippen LogP contribution in [0.1, 0.15) is 26.7 Å². The third-order valence-electron chi connectivity index (χ3n) is 6.71. The Morgan fingerprint density at radius 2 is 1.78 bits per heavy atom. The monoisotopic (exact) mass is 452 g/mol. The Kier molecular flexibility index (Phi) is 7.22. The van der Waals surface area contributed by atoms with Gasteiger partial charge in [0.05, 0.1) is 50.2 Å². The molecule has 0 spiro atoms. The molecule has 8 atom stereocenters. The van der Waals surface area contributed by atoms with Crippen LogP contribution in [0.15, 0.2) is 23.7 Å². The molecule has 3 rings (SSSR count). The van der Waals surface area contributed by atoms with Gasteiger partial charge in [-0.1, -0.05) is 6.92 Å². The van der Waals surface area contributed by atoms with Gasteiger partial charge in [0.25, 0.3) is 0 Å². The minimum absolute atomic E-state index is 0.0632. The molecule has 1 saturated carbocycles. The quantitative estimate of drug-likeness (QED) is 0.351. The minimum Gasteiger partial charge on any atom is -0.497 e. The number of hydrogen-bond donors (Lipinski definition) is 1. The number of hydrogen-bond acceptors (Lipinski definition) is 10. The Morgan fingerprint density at radius 3 is 2.41 bits per heavy atom. The predicted molar refractivity (Wildman–Crippen MR) is 106 cm³/mol. The number of aliphatic hydroxyl groups excluding tert-OH is 1. The molecule has 0 aromatic rings. The molecule has 2 aliphatic heterocycles. The number of carbonyl (C=O) groups is 4. The third kappa shape index (κ3) is 4.36. The van der Waals surface area contributed by atoms with Gasteiger partial charge >= 0.3 is 17.9 Å². The molecular formula is C22H28O10. The highest BCUT2D eigenvalue weighted by Gasteiger charge is 2.52. The molecule has 176 valence electrons. The van der Waals surface area contributed by atoms with Crippen molar-refractivity contribution in [2.45, 2.75) is 45.2 Å². The van der Waals surface area contributed by atoms with Crippen molar-refractivity contribution in [3.63, 3.8) is 0 Å². The first-order valence-electron chi connectivity index (χ1n) is 10.4. The van der Waals surface area contributed by atoms with Gasteiger partial charge in [0, 0.05) is 23.7 Å². The molecule has 1 aliphatic carbocycles. The fraction of sp³-hybridized carbons (Fsp3) is 0.636. The van der Waals surface area contributed by atoms with Gasteiger partial charge in [0.15, 0.2) is 6.29 Å². The molecule has 2 heterocycles. The molecule has 3 aliphatic rings. The lowest BCUT2D eigenvalue weighted by Gasteiger charge is -2.33. The Morgan fingerprint density at radius 1 is 1.09 bits per heavy atom. The van der Waals surface area contributed by atoms with E-state index in [-0.39, 0.29) is 29.9 Å². The van der Waals surface area contributed by atoms with Crippen molar-refractivity contribution >= 4 is 24.2 Å². The van der Waals surface area contributed by atoms with Crippen molar-refractivity contribution in [1.29, 1.82) is 0 Å². The molecule has 32 heavy (non-hydrogen) atoms. The van der Waals surface area contributed by atoms with Crippen LogP contribution in [-0.2, 0) is 42.9 Å². The van der Waals surface area contributed by atoms with Crippen LogP contribution in [0.2, 0.25) is 0 Å². The van der Waals surface area contributed by atoms with Crippen molar-refractivity contribution < 1.29 is 48.0 Å². The highest BCUT2D eigenvalue weighted by Crippen LogP contribution is 2.47. The molecule has 0 saturated heterocycles. The van der Waals surface area contributed by atoms with Gasteiger partial charge in [-0.2, -0.15) is 0 Å². The second-order valence-electron chi connectivity index (χ2n) is 8.33. The summed E-state index contributed by atoms with van der Waals surface area (Å²) in [6, 6.07) is 0. The van der Waals surface area contributed by atoms with E-state index in [0.717, 1.165) is 0 Å². The number of carbonyl (C=O) groups excluding carboxylic acids is 4. The van der Waals surface area contributed by atoms with E-state index in [4.69, 9.17) is 23.7 Å². The molecule has 1 N–H and O–H groups in total. The zero-order valence-electron chi connectivity index (χ0n) is 18.4. The van der Waals surface area contributed by atoms with Crippen LogP contribution in [-0.4, -0.2) is 62.0 Å². The summed E-state index contributed by atoms with van der Waals surface area (Å²) in [6.07, 6.45) is 0.857. The van der Waals surface area contributed by atoms with Crippen LogP contribution in [0.5, 0.6) is 0 Å². The number of methoxy groups -OCH3 is 2. The van der Waals surface area contributed by atoms with E-state index in [9.17, 15) is 24.3 Å². The van der Waals surface area contributed by atoms with Crippen molar-refractivity contribution in [2.75, 3.05) is 14.2 Å². The summed E-state index contributed by atoms with van der Waals surface area (Å²) >= 11 is 0. The van der Waals surface area contributed by atoms with Crippen LogP contribution < -0.4 is 0 Å².